The molecular weight excluding hydrogens is 413 g/mol. The second-order valence-corrected chi connectivity index (χ2v) is 10.1. The summed E-state index contributed by atoms with van der Waals surface area (Å²) in [4.78, 5) is 15.3. The summed E-state index contributed by atoms with van der Waals surface area (Å²) in [5.41, 5.74) is 0.706. The minimum Gasteiger partial charge on any atom is -0.308 e. The predicted molar refractivity (Wildman–Crippen MR) is 108 cm³/mol. The number of rotatable bonds is 5. The molecule has 2 aromatic carbocycles. The number of hydrogen-bond acceptors (Lipinski definition) is 4. The summed E-state index contributed by atoms with van der Waals surface area (Å²) < 4.78 is 23.8. The quantitative estimate of drug-likeness (QED) is 0.664. The summed E-state index contributed by atoms with van der Waals surface area (Å²) >= 11 is 13.4. The third-order valence-electron chi connectivity index (χ3n) is 4.12. The van der Waals surface area contributed by atoms with Crippen molar-refractivity contribution in [2.24, 2.45) is 0 Å². The molecule has 0 radical (unpaired) electrons. The standard InChI is InChI=1S/C18H17Cl2NO3S2/c19-13-6-7-16(20)17(10-13)25-11-18(22)21(14-4-2-1-3-5-14)15-8-9-26(23,24)12-15/h1-7,10,15H,8-9,11-12H2/t15-/m0/s1. The molecule has 0 unspecified atom stereocenters. The van der Waals surface area contributed by atoms with Gasteiger partial charge in [0.2, 0.25) is 5.91 Å². The first-order valence-corrected chi connectivity index (χ1v) is 11.6. The summed E-state index contributed by atoms with van der Waals surface area (Å²) in [5.74, 6) is 0.0999. The third-order valence-corrected chi connectivity index (χ3v) is 7.59. The molecule has 1 heterocycles. The van der Waals surface area contributed by atoms with Gasteiger partial charge in [0.25, 0.3) is 0 Å². The molecule has 138 valence electrons. The lowest BCUT2D eigenvalue weighted by molar-refractivity contribution is -0.116. The van der Waals surface area contributed by atoms with Gasteiger partial charge in [0, 0.05) is 15.6 Å². The summed E-state index contributed by atoms with van der Waals surface area (Å²) in [6.07, 6.45) is 0.450. The minimum atomic E-state index is -3.10. The molecule has 1 atom stereocenters. The highest BCUT2D eigenvalue weighted by molar-refractivity contribution is 8.00. The van der Waals surface area contributed by atoms with E-state index in [1.807, 2.05) is 30.3 Å². The fraction of sp³-hybridized carbons (Fsp3) is 0.278. The van der Waals surface area contributed by atoms with Gasteiger partial charge in [-0.05, 0) is 36.8 Å². The van der Waals surface area contributed by atoms with E-state index in [4.69, 9.17) is 23.2 Å². The molecule has 3 rings (SSSR count). The van der Waals surface area contributed by atoms with Crippen molar-refractivity contribution >= 4 is 56.4 Å². The normalized spacial score (nSPS) is 18.6. The number of carbonyl (C=O) groups excluding carboxylic acids is 1. The molecule has 0 bridgehead atoms. The molecule has 1 fully saturated rings. The molecule has 0 saturated carbocycles. The maximum absolute atomic E-state index is 12.9. The molecule has 4 nitrogen and oxygen atoms in total. The Hall–Kier alpha value is -1.21. The molecular formula is C18H17Cl2NO3S2. The van der Waals surface area contributed by atoms with E-state index in [0.717, 1.165) is 4.90 Å². The van der Waals surface area contributed by atoms with E-state index >= 15 is 0 Å². The van der Waals surface area contributed by atoms with E-state index in [1.165, 1.54) is 11.8 Å². The minimum absolute atomic E-state index is 0.00375. The van der Waals surface area contributed by atoms with Crippen molar-refractivity contribution < 1.29 is 13.2 Å². The molecule has 2 aromatic rings. The van der Waals surface area contributed by atoms with Gasteiger partial charge in [-0.2, -0.15) is 0 Å². The molecule has 1 aliphatic rings. The van der Waals surface area contributed by atoms with Crippen LogP contribution in [0.5, 0.6) is 0 Å². The van der Waals surface area contributed by atoms with Gasteiger partial charge in [-0.3, -0.25) is 4.79 Å². The third kappa shape index (κ3) is 4.74. The number of para-hydroxylation sites is 1. The SMILES string of the molecule is O=C(CSc1cc(Cl)ccc1Cl)N(c1ccccc1)[C@H]1CCS(=O)(=O)C1. The number of nitrogens with zero attached hydrogens (tertiary/aromatic N) is 1. The molecule has 0 aliphatic carbocycles. The van der Waals surface area contributed by atoms with E-state index in [1.54, 1.807) is 23.1 Å². The molecule has 8 heteroatoms. The number of thioether (sulfide) groups is 1. The number of hydrogen-bond donors (Lipinski definition) is 0. The van der Waals surface area contributed by atoms with Crippen molar-refractivity contribution in [3.05, 3.63) is 58.6 Å². The van der Waals surface area contributed by atoms with Crippen LogP contribution in [0.3, 0.4) is 0 Å². The smallest absolute Gasteiger partial charge is 0.237 e. The van der Waals surface area contributed by atoms with Crippen molar-refractivity contribution in [1.82, 2.24) is 0 Å². The molecule has 1 saturated heterocycles. The van der Waals surface area contributed by atoms with Crippen molar-refractivity contribution in [1.29, 1.82) is 0 Å². The van der Waals surface area contributed by atoms with Crippen molar-refractivity contribution in [2.75, 3.05) is 22.2 Å². The highest BCUT2D eigenvalue weighted by Gasteiger charge is 2.35. The lowest BCUT2D eigenvalue weighted by Gasteiger charge is -2.28. The maximum Gasteiger partial charge on any atom is 0.237 e. The van der Waals surface area contributed by atoms with Crippen molar-refractivity contribution in [3.8, 4) is 0 Å². The molecule has 26 heavy (non-hydrogen) atoms. The Morgan fingerprint density at radius 2 is 1.88 bits per heavy atom. The Bertz CT molecular complexity index is 904. The molecule has 1 aliphatic heterocycles. The lowest BCUT2D eigenvalue weighted by Crippen LogP contribution is -2.42. The van der Waals surface area contributed by atoms with Crippen LogP contribution in [-0.4, -0.2) is 37.6 Å². The molecule has 1 amide bonds. The zero-order valence-corrected chi connectivity index (χ0v) is 16.9. The van der Waals surface area contributed by atoms with Gasteiger partial charge in [-0.25, -0.2) is 8.42 Å². The number of sulfone groups is 1. The fourth-order valence-corrected chi connectivity index (χ4v) is 5.98. The highest BCUT2D eigenvalue weighted by atomic mass is 35.5. The number of carbonyl (C=O) groups is 1. The lowest BCUT2D eigenvalue weighted by atomic mass is 10.2. The monoisotopic (exact) mass is 429 g/mol. The van der Waals surface area contributed by atoms with Crippen LogP contribution in [0.2, 0.25) is 10.0 Å². The summed E-state index contributed by atoms with van der Waals surface area (Å²) in [6, 6.07) is 13.9. The van der Waals surface area contributed by atoms with Crippen LogP contribution in [-0.2, 0) is 14.6 Å². The van der Waals surface area contributed by atoms with Gasteiger partial charge >= 0.3 is 0 Å². The van der Waals surface area contributed by atoms with Crippen molar-refractivity contribution in [2.45, 2.75) is 17.4 Å². The first kappa shape index (κ1) is 19.5. The van der Waals surface area contributed by atoms with Gasteiger partial charge in [0.1, 0.15) is 0 Å². The van der Waals surface area contributed by atoms with E-state index < -0.39 is 9.84 Å². The zero-order chi connectivity index (χ0) is 18.7. The van der Waals surface area contributed by atoms with Crippen LogP contribution >= 0.6 is 35.0 Å². The average molecular weight is 430 g/mol. The van der Waals surface area contributed by atoms with Crippen LogP contribution in [0.25, 0.3) is 0 Å². The Labute approximate surface area is 167 Å². The number of anilines is 1. The maximum atomic E-state index is 12.9. The van der Waals surface area contributed by atoms with E-state index in [9.17, 15) is 13.2 Å². The Morgan fingerprint density at radius 3 is 2.54 bits per heavy atom. The second-order valence-electron chi connectivity index (χ2n) is 6.02. The van der Waals surface area contributed by atoms with E-state index in [0.29, 0.717) is 22.2 Å². The van der Waals surface area contributed by atoms with Crippen LogP contribution in [0.4, 0.5) is 5.69 Å². The molecule has 0 aromatic heterocycles. The zero-order valence-electron chi connectivity index (χ0n) is 13.8. The largest absolute Gasteiger partial charge is 0.308 e. The molecule has 0 spiro atoms. The summed E-state index contributed by atoms with van der Waals surface area (Å²) in [5, 5.41) is 1.08. The van der Waals surface area contributed by atoms with Crippen LogP contribution in [0.15, 0.2) is 53.4 Å². The van der Waals surface area contributed by atoms with E-state index in [2.05, 4.69) is 0 Å². The van der Waals surface area contributed by atoms with Crippen LogP contribution < -0.4 is 4.90 Å². The van der Waals surface area contributed by atoms with Gasteiger partial charge in [-0.15, -0.1) is 11.8 Å². The van der Waals surface area contributed by atoms with E-state index in [-0.39, 0.29) is 29.2 Å². The average Bonchev–Trinajstić information content (AvgIpc) is 2.96. The molecule has 0 N–H and O–H groups in total. The highest BCUT2D eigenvalue weighted by Crippen LogP contribution is 2.31. The first-order valence-electron chi connectivity index (χ1n) is 8.01. The Kier molecular flexibility index (Phi) is 6.17. The fourth-order valence-electron chi connectivity index (χ4n) is 2.92. The number of halogens is 2. The predicted octanol–water partition coefficient (Wildman–Crippen LogP) is 4.31. The van der Waals surface area contributed by atoms with Gasteiger partial charge in [-0.1, -0.05) is 41.4 Å². The van der Waals surface area contributed by atoms with Crippen molar-refractivity contribution in [3.63, 3.8) is 0 Å². The Morgan fingerprint density at radius 1 is 1.15 bits per heavy atom. The number of benzene rings is 2. The Balaban J connectivity index is 1.80. The topological polar surface area (TPSA) is 54.5 Å². The van der Waals surface area contributed by atoms with Gasteiger partial charge in [0.15, 0.2) is 9.84 Å². The van der Waals surface area contributed by atoms with Crippen LogP contribution in [0.1, 0.15) is 6.42 Å². The first-order chi connectivity index (χ1) is 12.4. The number of amides is 1. The second kappa shape index (κ2) is 8.21. The summed E-state index contributed by atoms with van der Waals surface area (Å²) in [6.45, 7) is 0. The van der Waals surface area contributed by atoms with Gasteiger partial charge in [0.05, 0.1) is 28.3 Å². The van der Waals surface area contributed by atoms with Gasteiger partial charge < -0.3 is 4.90 Å². The van der Waals surface area contributed by atoms with Crippen LogP contribution in [0, 0.1) is 0 Å². The summed E-state index contributed by atoms with van der Waals surface area (Å²) in [7, 11) is -3.10.